The molecule has 0 N–H and O–H groups in total. The molecule has 37 heavy (non-hydrogen) atoms. The van der Waals surface area contributed by atoms with Gasteiger partial charge in [0.2, 0.25) is 0 Å². The van der Waals surface area contributed by atoms with Crippen molar-refractivity contribution in [1.29, 1.82) is 0 Å². The van der Waals surface area contributed by atoms with Gasteiger partial charge in [0.05, 0.1) is 22.1 Å². The summed E-state index contributed by atoms with van der Waals surface area (Å²) < 4.78 is 2.41. The van der Waals surface area contributed by atoms with Crippen molar-refractivity contribution in [3.63, 3.8) is 0 Å². The van der Waals surface area contributed by atoms with Gasteiger partial charge < -0.3 is 4.57 Å². The second-order valence-corrected chi connectivity index (χ2v) is 9.45. The van der Waals surface area contributed by atoms with Crippen molar-refractivity contribution in [1.82, 2.24) is 14.5 Å². The van der Waals surface area contributed by atoms with Gasteiger partial charge in [-0.25, -0.2) is 0 Å². The van der Waals surface area contributed by atoms with Crippen LogP contribution in [0.15, 0.2) is 128 Å². The van der Waals surface area contributed by atoms with Crippen molar-refractivity contribution in [2.75, 3.05) is 0 Å². The van der Waals surface area contributed by atoms with E-state index in [0.29, 0.717) is 0 Å². The lowest BCUT2D eigenvalue weighted by Gasteiger charge is -2.13. The lowest BCUT2D eigenvalue weighted by molar-refractivity contribution is 1.19. The normalized spacial score (nSPS) is 11.8. The molecule has 3 nitrogen and oxygen atoms in total. The van der Waals surface area contributed by atoms with Gasteiger partial charge in [-0.3, -0.25) is 9.97 Å². The Morgan fingerprint density at radius 3 is 2.19 bits per heavy atom. The molecular weight excluding hydrogens is 450 g/mol. The van der Waals surface area contributed by atoms with Crippen LogP contribution >= 0.6 is 0 Å². The van der Waals surface area contributed by atoms with Gasteiger partial charge in [0.1, 0.15) is 0 Å². The maximum Gasteiger partial charge on any atom is 0.0801 e. The van der Waals surface area contributed by atoms with Gasteiger partial charge in [-0.1, -0.05) is 72.8 Å². The first kappa shape index (κ1) is 20.2. The lowest BCUT2D eigenvalue weighted by Crippen LogP contribution is -1.96. The maximum atomic E-state index is 4.84. The summed E-state index contributed by atoms with van der Waals surface area (Å²) >= 11 is 0. The summed E-state index contributed by atoms with van der Waals surface area (Å²) in [7, 11) is 0. The van der Waals surface area contributed by atoms with Crippen molar-refractivity contribution in [3.05, 3.63) is 128 Å². The quantitative estimate of drug-likeness (QED) is 0.236. The van der Waals surface area contributed by atoms with Crippen LogP contribution in [-0.2, 0) is 0 Å². The number of rotatable bonds is 2. The van der Waals surface area contributed by atoms with E-state index in [9.17, 15) is 0 Å². The summed E-state index contributed by atoms with van der Waals surface area (Å²) in [5, 5.41) is 7.25. The molecule has 0 spiro atoms. The number of para-hydroxylation sites is 2. The second-order valence-electron chi connectivity index (χ2n) is 9.45. The number of aromatic nitrogens is 3. The van der Waals surface area contributed by atoms with Crippen LogP contribution in [-0.4, -0.2) is 14.5 Å². The monoisotopic (exact) mass is 471 g/mol. The minimum atomic E-state index is 1.01. The van der Waals surface area contributed by atoms with Crippen LogP contribution in [0.4, 0.5) is 0 Å². The van der Waals surface area contributed by atoms with Crippen LogP contribution in [0.3, 0.4) is 0 Å². The minimum Gasteiger partial charge on any atom is -0.309 e. The standard InChI is InChI=1S/C34H21N3/c1-2-13-27-26(12-1)32-28-14-4-6-17-31(28)37(34(32)29-15-8-19-36-33(27)29)23-10-7-9-22(21-23)24-18-20-35-30-16-5-3-11-25(24)30/h1-21H. The maximum absolute atomic E-state index is 4.84. The SMILES string of the molecule is c1cc(-c2ccnc3ccccc23)cc(-n2c3ccccc3c3c4ccccc4c4ncccc4c32)c1. The topological polar surface area (TPSA) is 30.7 Å². The highest BCUT2D eigenvalue weighted by Gasteiger charge is 2.19. The van der Waals surface area contributed by atoms with Crippen LogP contribution in [0.2, 0.25) is 0 Å². The van der Waals surface area contributed by atoms with Gasteiger partial charge in [0.25, 0.3) is 0 Å². The lowest BCUT2D eigenvalue weighted by atomic mass is 9.99. The number of benzene rings is 5. The third-order valence-corrected chi connectivity index (χ3v) is 7.45. The summed E-state index contributed by atoms with van der Waals surface area (Å²) in [6.07, 6.45) is 3.79. The van der Waals surface area contributed by atoms with Crippen LogP contribution in [0.1, 0.15) is 0 Å². The predicted octanol–water partition coefficient (Wildman–Crippen LogP) is 8.70. The van der Waals surface area contributed by atoms with Crippen LogP contribution < -0.4 is 0 Å². The highest BCUT2D eigenvalue weighted by Crippen LogP contribution is 2.42. The molecule has 0 aliphatic rings. The fraction of sp³-hybridized carbons (Fsp3) is 0. The van der Waals surface area contributed by atoms with E-state index < -0.39 is 0 Å². The summed E-state index contributed by atoms with van der Waals surface area (Å²) in [5.74, 6) is 0. The van der Waals surface area contributed by atoms with E-state index in [2.05, 4.69) is 113 Å². The Balaban J connectivity index is 1.53. The van der Waals surface area contributed by atoms with Crippen molar-refractivity contribution < 1.29 is 0 Å². The number of hydrogen-bond donors (Lipinski definition) is 0. The van der Waals surface area contributed by atoms with E-state index in [1.54, 1.807) is 0 Å². The summed E-state index contributed by atoms with van der Waals surface area (Å²) in [6.45, 7) is 0. The molecule has 0 fully saturated rings. The molecule has 0 unspecified atom stereocenters. The Labute approximate surface area is 213 Å². The van der Waals surface area contributed by atoms with E-state index in [1.807, 2.05) is 24.5 Å². The van der Waals surface area contributed by atoms with Gasteiger partial charge in [0.15, 0.2) is 0 Å². The molecule has 0 bridgehead atoms. The molecule has 0 radical (unpaired) electrons. The highest BCUT2D eigenvalue weighted by molar-refractivity contribution is 6.31. The molecule has 0 aliphatic heterocycles. The molecule has 0 atom stereocenters. The van der Waals surface area contributed by atoms with E-state index in [-0.39, 0.29) is 0 Å². The van der Waals surface area contributed by atoms with E-state index in [4.69, 9.17) is 4.98 Å². The zero-order valence-corrected chi connectivity index (χ0v) is 20.0. The first-order valence-corrected chi connectivity index (χ1v) is 12.5. The predicted molar refractivity (Wildman–Crippen MR) is 154 cm³/mol. The molecule has 0 saturated carbocycles. The molecule has 3 aromatic heterocycles. The van der Waals surface area contributed by atoms with Crippen LogP contribution in [0, 0.1) is 0 Å². The van der Waals surface area contributed by atoms with Crippen molar-refractivity contribution in [2.45, 2.75) is 0 Å². The highest BCUT2D eigenvalue weighted by atomic mass is 15.0. The zero-order chi connectivity index (χ0) is 24.3. The second kappa shape index (κ2) is 7.74. The van der Waals surface area contributed by atoms with Gasteiger partial charge >= 0.3 is 0 Å². The van der Waals surface area contributed by atoms with Crippen molar-refractivity contribution >= 4 is 54.4 Å². The van der Waals surface area contributed by atoms with E-state index in [1.165, 1.54) is 43.7 Å². The smallest absolute Gasteiger partial charge is 0.0801 e. The molecule has 0 aliphatic carbocycles. The van der Waals surface area contributed by atoms with E-state index >= 15 is 0 Å². The molecule has 0 amide bonds. The average Bonchev–Trinajstić information content (AvgIpc) is 3.33. The number of nitrogens with zero attached hydrogens (tertiary/aromatic N) is 3. The molecule has 0 saturated heterocycles. The number of hydrogen-bond acceptors (Lipinski definition) is 2. The fourth-order valence-corrected chi connectivity index (χ4v) is 5.91. The Morgan fingerprint density at radius 1 is 0.514 bits per heavy atom. The minimum absolute atomic E-state index is 1.01. The third-order valence-electron chi connectivity index (χ3n) is 7.45. The number of pyridine rings is 2. The Kier molecular flexibility index (Phi) is 4.23. The summed E-state index contributed by atoms with van der Waals surface area (Å²) in [6, 6.07) is 40.9. The van der Waals surface area contributed by atoms with Crippen molar-refractivity contribution in [2.24, 2.45) is 0 Å². The molecule has 8 aromatic rings. The van der Waals surface area contributed by atoms with Gasteiger partial charge in [-0.05, 0) is 59.0 Å². The van der Waals surface area contributed by atoms with Crippen LogP contribution in [0.5, 0.6) is 0 Å². The Hall–Kier alpha value is -5.02. The number of fused-ring (bicyclic) bond motifs is 9. The van der Waals surface area contributed by atoms with Gasteiger partial charge in [-0.15, -0.1) is 0 Å². The summed E-state index contributed by atoms with van der Waals surface area (Å²) in [5.41, 5.74) is 7.91. The van der Waals surface area contributed by atoms with Gasteiger partial charge in [-0.2, -0.15) is 0 Å². The van der Waals surface area contributed by atoms with Gasteiger partial charge in [0, 0.05) is 45.0 Å². The third kappa shape index (κ3) is 2.88. The largest absolute Gasteiger partial charge is 0.309 e. The summed E-state index contributed by atoms with van der Waals surface area (Å²) in [4.78, 5) is 9.42. The fourth-order valence-electron chi connectivity index (χ4n) is 5.91. The zero-order valence-electron chi connectivity index (χ0n) is 20.0. The first-order chi connectivity index (χ1) is 18.4. The van der Waals surface area contributed by atoms with Crippen molar-refractivity contribution in [3.8, 4) is 16.8 Å². The molecule has 3 heterocycles. The molecule has 172 valence electrons. The first-order valence-electron chi connectivity index (χ1n) is 12.5. The molecule has 5 aromatic carbocycles. The molecular formula is C34H21N3. The Bertz CT molecular complexity index is 2150. The molecule has 3 heteroatoms. The van der Waals surface area contributed by atoms with E-state index in [0.717, 1.165) is 27.5 Å². The molecule has 8 rings (SSSR count). The van der Waals surface area contributed by atoms with Crippen LogP contribution in [0.25, 0.3) is 71.2 Å². The average molecular weight is 472 g/mol. The Morgan fingerprint density at radius 2 is 1.27 bits per heavy atom.